The van der Waals surface area contributed by atoms with Gasteiger partial charge in [0.25, 0.3) is 0 Å². The van der Waals surface area contributed by atoms with Crippen molar-refractivity contribution in [1.29, 1.82) is 0 Å². The molecule has 0 spiro atoms. The first-order valence-corrected chi connectivity index (χ1v) is 6.62. The average Bonchev–Trinajstić information content (AvgIpc) is 2.46. The Labute approximate surface area is 118 Å². The molecule has 1 aromatic heterocycles. The van der Waals surface area contributed by atoms with Crippen LogP contribution in [0, 0.1) is 5.82 Å². The van der Waals surface area contributed by atoms with Crippen LogP contribution in [-0.2, 0) is 6.42 Å². The Morgan fingerprint density at radius 2 is 2.10 bits per heavy atom. The van der Waals surface area contributed by atoms with Gasteiger partial charge in [-0.3, -0.25) is 0 Å². The van der Waals surface area contributed by atoms with Crippen molar-refractivity contribution >= 4 is 11.5 Å². The Hall–Kier alpha value is -2.17. The van der Waals surface area contributed by atoms with Gasteiger partial charge in [-0.1, -0.05) is 19.1 Å². The highest BCUT2D eigenvalue weighted by molar-refractivity contribution is 5.47. The lowest BCUT2D eigenvalue weighted by molar-refractivity contribution is 0.578. The summed E-state index contributed by atoms with van der Waals surface area (Å²) in [5, 5.41) is 0. The first-order valence-electron chi connectivity index (χ1n) is 6.62. The van der Waals surface area contributed by atoms with Crippen LogP contribution in [0.5, 0.6) is 0 Å². The van der Waals surface area contributed by atoms with Crippen molar-refractivity contribution in [2.75, 3.05) is 17.7 Å². The van der Waals surface area contributed by atoms with Crippen molar-refractivity contribution in [3.63, 3.8) is 0 Å². The minimum atomic E-state index is -0.353. The average molecular weight is 274 g/mol. The topological polar surface area (TPSA) is 55.0 Å². The molecule has 0 saturated carbocycles. The van der Waals surface area contributed by atoms with E-state index < -0.39 is 0 Å². The van der Waals surface area contributed by atoms with Crippen LogP contribution in [0.25, 0.3) is 0 Å². The zero-order valence-corrected chi connectivity index (χ0v) is 12.0. The van der Waals surface area contributed by atoms with Gasteiger partial charge in [0.05, 0.1) is 11.7 Å². The van der Waals surface area contributed by atoms with E-state index in [2.05, 4.69) is 9.97 Å². The van der Waals surface area contributed by atoms with Crippen LogP contribution < -0.4 is 10.6 Å². The summed E-state index contributed by atoms with van der Waals surface area (Å²) >= 11 is 0. The summed E-state index contributed by atoms with van der Waals surface area (Å²) in [4.78, 5) is 9.81. The van der Waals surface area contributed by atoms with E-state index >= 15 is 0 Å². The fraction of sp³-hybridized carbons (Fsp3) is 0.333. The SMILES string of the molecule is CCc1ncnc(N(C)C(C)c2cccc(N)c2)c1F. The molecule has 0 radical (unpaired) electrons. The van der Waals surface area contributed by atoms with Gasteiger partial charge in [-0.2, -0.15) is 0 Å². The standard InChI is InChI=1S/C15H19FN4/c1-4-13-14(16)15(19-9-18-13)20(3)10(2)11-6-5-7-12(17)8-11/h5-10H,4,17H2,1-3H3. The third kappa shape index (κ3) is 2.71. The molecule has 20 heavy (non-hydrogen) atoms. The van der Waals surface area contributed by atoms with Crippen LogP contribution in [0.1, 0.15) is 31.1 Å². The summed E-state index contributed by atoms with van der Waals surface area (Å²) in [5.74, 6) is -0.0416. The van der Waals surface area contributed by atoms with Gasteiger partial charge >= 0.3 is 0 Å². The summed E-state index contributed by atoms with van der Waals surface area (Å²) in [5.41, 5.74) is 7.94. The van der Waals surface area contributed by atoms with Crippen molar-refractivity contribution in [2.45, 2.75) is 26.3 Å². The lowest BCUT2D eigenvalue weighted by Gasteiger charge is -2.27. The third-order valence-electron chi connectivity index (χ3n) is 3.49. The number of aromatic nitrogens is 2. The van der Waals surface area contributed by atoms with E-state index in [0.29, 0.717) is 23.6 Å². The van der Waals surface area contributed by atoms with Crippen LogP contribution in [0.15, 0.2) is 30.6 Å². The molecular weight excluding hydrogens is 255 g/mol. The van der Waals surface area contributed by atoms with Crippen LogP contribution in [0.3, 0.4) is 0 Å². The van der Waals surface area contributed by atoms with Crippen molar-refractivity contribution in [2.24, 2.45) is 0 Å². The highest BCUT2D eigenvalue weighted by atomic mass is 19.1. The molecule has 106 valence electrons. The number of nitrogens with zero attached hydrogens (tertiary/aromatic N) is 3. The molecule has 0 fully saturated rings. The Morgan fingerprint density at radius 3 is 2.75 bits per heavy atom. The molecule has 1 aromatic carbocycles. The smallest absolute Gasteiger partial charge is 0.187 e. The van der Waals surface area contributed by atoms with E-state index in [4.69, 9.17) is 5.73 Å². The fourth-order valence-electron chi connectivity index (χ4n) is 2.11. The molecule has 1 atom stereocenters. The van der Waals surface area contributed by atoms with Gasteiger partial charge < -0.3 is 10.6 Å². The van der Waals surface area contributed by atoms with Gasteiger partial charge in [-0.25, -0.2) is 14.4 Å². The van der Waals surface area contributed by atoms with Gasteiger partial charge in [0.2, 0.25) is 0 Å². The number of aryl methyl sites for hydroxylation is 1. The Kier molecular flexibility index (Phi) is 4.17. The zero-order chi connectivity index (χ0) is 14.7. The van der Waals surface area contributed by atoms with Gasteiger partial charge in [0.1, 0.15) is 6.33 Å². The van der Waals surface area contributed by atoms with E-state index in [9.17, 15) is 4.39 Å². The summed E-state index contributed by atoms with van der Waals surface area (Å²) in [6.07, 6.45) is 1.95. The van der Waals surface area contributed by atoms with Gasteiger partial charge in [-0.15, -0.1) is 0 Å². The van der Waals surface area contributed by atoms with E-state index in [1.54, 1.807) is 4.90 Å². The molecule has 0 aliphatic heterocycles. The number of halogens is 1. The van der Waals surface area contributed by atoms with Crippen molar-refractivity contribution in [3.8, 4) is 0 Å². The predicted octanol–water partition coefficient (Wildman–Crippen LogP) is 2.96. The molecule has 1 heterocycles. The molecule has 2 N–H and O–H groups in total. The van der Waals surface area contributed by atoms with Gasteiger partial charge in [-0.05, 0) is 31.0 Å². The van der Waals surface area contributed by atoms with E-state index in [0.717, 1.165) is 5.56 Å². The maximum absolute atomic E-state index is 14.3. The molecule has 0 saturated heterocycles. The zero-order valence-electron chi connectivity index (χ0n) is 12.0. The molecule has 5 heteroatoms. The first kappa shape index (κ1) is 14.2. The van der Waals surface area contributed by atoms with Crippen LogP contribution in [0.4, 0.5) is 15.9 Å². The molecule has 0 aliphatic carbocycles. The number of benzene rings is 1. The molecular formula is C15H19FN4. The minimum Gasteiger partial charge on any atom is -0.399 e. The number of rotatable bonds is 4. The predicted molar refractivity (Wildman–Crippen MR) is 79.0 cm³/mol. The second-order valence-electron chi connectivity index (χ2n) is 4.77. The Bertz CT molecular complexity index is 600. The van der Waals surface area contributed by atoms with E-state index in [1.807, 2.05) is 45.2 Å². The van der Waals surface area contributed by atoms with E-state index in [1.165, 1.54) is 6.33 Å². The summed E-state index contributed by atoms with van der Waals surface area (Å²) in [7, 11) is 1.82. The number of anilines is 2. The number of hydrogen-bond acceptors (Lipinski definition) is 4. The van der Waals surface area contributed by atoms with Crippen LogP contribution in [0.2, 0.25) is 0 Å². The Morgan fingerprint density at radius 1 is 1.35 bits per heavy atom. The normalized spacial score (nSPS) is 12.2. The van der Waals surface area contributed by atoms with Crippen molar-refractivity contribution < 1.29 is 4.39 Å². The number of hydrogen-bond donors (Lipinski definition) is 1. The monoisotopic (exact) mass is 274 g/mol. The summed E-state index contributed by atoms with van der Waals surface area (Å²) < 4.78 is 14.3. The van der Waals surface area contributed by atoms with Gasteiger partial charge in [0.15, 0.2) is 11.6 Å². The van der Waals surface area contributed by atoms with Crippen LogP contribution >= 0.6 is 0 Å². The maximum Gasteiger partial charge on any atom is 0.187 e. The van der Waals surface area contributed by atoms with Crippen molar-refractivity contribution in [3.05, 3.63) is 47.7 Å². The molecule has 0 amide bonds. The summed E-state index contributed by atoms with van der Waals surface area (Å²) in [6.45, 7) is 3.86. The third-order valence-corrected chi connectivity index (χ3v) is 3.49. The molecule has 0 aliphatic rings. The van der Waals surface area contributed by atoms with Gasteiger partial charge in [0, 0.05) is 12.7 Å². The lowest BCUT2D eigenvalue weighted by atomic mass is 10.1. The van der Waals surface area contributed by atoms with Crippen LogP contribution in [-0.4, -0.2) is 17.0 Å². The van der Waals surface area contributed by atoms with Crippen molar-refractivity contribution in [1.82, 2.24) is 9.97 Å². The largest absolute Gasteiger partial charge is 0.399 e. The molecule has 2 aromatic rings. The molecule has 4 nitrogen and oxygen atoms in total. The first-order chi connectivity index (χ1) is 9.54. The maximum atomic E-state index is 14.3. The fourth-order valence-corrected chi connectivity index (χ4v) is 2.11. The quantitative estimate of drug-likeness (QED) is 0.871. The lowest BCUT2D eigenvalue weighted by Crippen LogP contribution is -2.24. The van der Waals surface area contributed by atoms with E-state index in [-0.39, 0.29) is 11.9 Å². The number of nitrogens with two attached hydrogens (primary N) is 1. The highest BCUT2D eigenvalue weighted by Gasteiger charge is 2.19. The molecule has 0 bridgehead atoms. The Balaban J connectivity index is 2.33. The highest BCUT2D eigenvalue weighted by Crippen LogP contribution is 2.27. The second-order valence-corrected chi connectivity index (χ2v) is 4.77. The molecule has 1 unspecified atom stereocenters. The number of nitrogen functional groups attached to an aromatic ring is 1. The second kappa shape index (κ2) is 5.86. The minimum absolute atomic E-state index is 0.0346. The summed E-state index contributed by atoms with van der Waals surface area (Å²) in [6, 6.07) is 7.55. The molecule has 2 rings (SSSR count).